The molecule has 13 heavy (non-hydrogen) atoms. The minimum Gasteiger partial charge on any atom is -0.399 e. The van der Waals surface area contributed by atoms with Crippen LogP contribution in [0.5, 0.6) is 0 Å². The summed E-state index contributed by atoms with van der Waals surface area (Å²) >= 11 is 0. The Hall–Kier alpha value is -1.18. The Labute approximate surface area is 79.1 Å². The average molecular weight is 176 g/mol. The minimum absolute atomic E-state index is 0.682. The van der Waals surface area contributed by atoms with Crippen LogP contribution in [0.15, 0.2) is 18.2 Å². The molecule has 1 aromatic carbocycles. The van der Waals surface area contributed by atoms with Crippen LogP contribution in [0.4, 0.5) is 11.4 Å². The van der Waals surface area contributed by atoms with Gasteiger partial charge < -0.3 is 11.1 Å². The van der Waals surface area contributed by atoms with Crippen LogP contribution in [-0.2, 0) is 0 Å². The van der Waals surface area contributed by atoms with Gasteiger partial charge in [-0.05, 0) is 49.9 Å². The Balaban J connectivity index is 2.10. The van der Waals surface area contributed by atoms with Crippen LogP contribution in [0.1, 0.15) is 24.8 Å². The molecule has 0 radical (unpaired) electrons. The van der Waals surface area contributed by atoms with Crippen molar-refractivity contribution in [3.8, 4) is 0 Å². The first kappa shape index (κ1) is 8.42. The van der Waals surface area contributed by atoms with E-state index in [4.69, 9.17) is 5.73 Å². The average Bonchev–Trinajstić information content (AvgIpc) is 1.95. The van der Waals surface area contributed by atoms with Gasteiger partial charge in [0.05, 0.1) is 0 Å². The van der Waals surface area contributed by atoms with Crippen molar-refractivity contribution in [3.05, 3.63) is 23.8 Å². The van der Waals surface area contributed by atoms with Crippen LogP contribution < -0.4 is 11.1 Å². The zero-order chi connectivity index (χ0) is 9.26. The lowest BCUT2D eigenvalue weighted by Crippen LogP contribution is -2.26. The molecular formula is C11H16N2. The second kappa shape index (κ2) is 3.29. The Morgan fingerprint density at radius 3 is 2.62 bits per heavy atom. The molecule has 0 aromatic heterocycles. The molecule has 70 valence electrons. The van der Waals surface area contributed by atoms with E-state index in [-0.39, 0.29) is 0 Å². The Kier molecular flexibility index (Phi) is 2.13. The second-order valence-corrected chi connectivity index (χ2v) is 3.90. The fourth-order valence-corrected chi connectivity index (χ4v) is 1.68. The second-order valence-electron chi connectivity index (χ2n) is 3.90. The zero-order valence-electron chi connectivity index (χ0n) is 8.01. The summed E-state index contributed by atoms with van der Waals surface area (Å²) in [6.45, 7) is 2.07. The molecule has 0 unspecified atom stereocenters. The van der Waals surface area contributed by atoms with Crippen LogP contribution in [0.2, 0.25) is 0 Å². The van der Waals surface area contributed by atoms with E-state index in [9.17, 15) is 0 Å². The first-order valence-corrected chi connectivity index (χ1v) is 4.88. The predicted molar refractivity (Wildman–Crippen MR) is 56.9 cm³/mol. The summed E-state index contributed by atoms with van der Waals surface area (Å²) in [5, 5.41) is 3.48. The molecule has 2 heteroatoms. The molecule has 0 heterocycles. The highest BCUT2D eigenvalue weighted by atomic mass is 14.9. The monoisotopic (exact) mass is 176 g/mol. The molecule has 1 saturated carbocycles. The van der Waals surface area contributed by atoms with Gasteiger partial charge in [-0.15, -0.1) is 0 Å². The van der Waals surface area contributed by atoms with Crippen LogP contribution in [0.3, 0.4) is 0 Å². The van der Waals surface area contributed by atoms with Gasteiger partial charge in [-0.2, -0.15) is 0 Å². The molecule has 0 aliphatic heterocycles. The minimum atomic E-state index is 0.682. The normalized spacial score (nSPS) is 16.7. The molecule has 3 N–H and O–H groups in total. The van der Waals surface area contributed by atoms with Gasteiger partial charge in [0.2, 0.25) is 0 Å². The lowest BCUT2D eigenvalue weighted by atomic mass is 9.93. The number of nitrogens with two attached hydrogens (primary N) is 1. The van der Waals surface area contributed by atoms with Crippen LogP contribution in [0, 0.1) is 6.92 Å². The molecule has 2 rings (SSSR count). The van der Waals surface area contributed by atoms with E-state index < -0.39 is 0 Å². The number of nitrogens with one attached hydrogen (secondary N) is 1. The van der Waals surface area contributed by atoms with Gasteiger partial charge in [-0.1, -0.05) is 0 Å². The van der Waals surface area contributed by atoms with Crippen molar-refractivity contribution in [2.45, 2.75) is 32.2 Å². The first-order chi connectivity index (χ1) is 6.24. The number of hydrogen-bond donors (Lipinski definition) is 2. The number of nitrogen functional groups attached to an aromatic ring is 1. The summed E-state index contributed by atoms with van der Waals surface area (Å²) in [5.74, 6) is 0. The fourth-order valence-electron chi connectivity index (χ4n) is 1.68. The third kappa shape index (κ3) is 1.94. The maximum Gasteiger partial charge on any atom is 0.0365 e. The zero-order valence-corrected chi connectivity index (χ0v) is 8.01. The summed E-state index contributed by atoms with van der Waals surface area (Å²) < 4.78 is 0. The van der Waals surface area contributed by atoms with Gasteiger partial charge in [0.15, 0.2) is 0 Å². The number of hydrogen-bond acceptors (Lipinski definition) is 2. The summed E-state index contributed by atoms with van der Waals surface area (Å²) in [6.07, 6.45) is 3.96. The lowest BCUT2D eigenvalue weighted by Gasteiger charge is -2.27. The molecule has 0 spiro atoms. The van der Waals surface area contributed by atoms with E-state index in [1.165, 1.54) is 30.5 Å². The number of benzene rings is 1. The standard InChI is InChI=1S/C11H16N2/c1-8-5-9(12)7-11(6-8)13-10-3-2-4-10/h5-7,10,13H,2-4,12H2,1H3. The Bertz CT molecular complexity index is 283. The van der Waals surface area contributed by atoms with Crippen molar-refractivity contribution in [1.29, 1.82) is 0 Å². The van der Waals surface area contributed by atoms with Gasteiger partial charge in [0.1, 0.15) is 0 Å². The molecule has 2 nitrogen and oxygen atoms in total. The molecule has 1 fully saturated rings. The molecule has 1 aliphatic carbocycles. The molecular weight excluding hydrogens is 160 g/mol. The third-order valence-corrected chi connectivity index (χ3v) is 2.58. The molecule has 1 aromatic rings. The highest BCUT2D eigenvalue weighted by molar-refractivity contribution is 5.57. The summed E-state index contributed by atoms with van der Waals surface area (Å²) in [6, 6.07) is 6.83. The quantitative estimate of drug-likeness (QED) is 0.679. The fraction of sp³-hybridized carbons (Fsp3) is 0.455. The third-order valence-electron chi connectivity index (χ3n) is 2.58. The maximum absolute atomic E-state index is 5.75. The van der Waals surface area contributed by atoms with E-state index in [1.807, 2.05) is 12.1 Å². The van der Waals surface area contributed by atoms with Crippen molar-refractivity contribution in [2.24, 2.45) is 0 Å². The Morgan fingerprint density at radius 1 is 1.31 bits per heavy atom. The van der Waals surface area contributed by atoms with E-state index in [0.717, 1.165) is 5.69 Å². The first-order valence-electron chi connectivity index (χ1n) is 4.88. The SMILES string of the molecule is Cc1cc(N)cc(NC2CCC2)c1. The van der Waals surface area contributed by atoms with Crippen LogP contribution in [0.25, 0.3) is 0 Å². The van der Waals surface area contributed by atoms with E-state index in [2.05, 4.69) is 18.3 Å². The van der Waals surface area contributed by atoms with E-state index >= 15 is 0 Å². The van der Waals surface area contributed by atoms with Gasteiger partial charge in [0.25, 0.3) is 0 Å². The lowest BCUT2D eigenvalue weighted by molar-refractivity contribution is 0.445. The molecule has 1 aliphatic rings. The number of anilines is 2. The molecule has 0 atom stereocenters. The molecule has 0 saturated heterocycles. The van der Waals surface area contributed by atoms with Gasteiger partial charge in [0, 0.05) is 17.4 Å². The smallest absolute Gasteiger partial charge is 0.0365 e. The highest BCUT2D eigenvalue weighted by Crippen LogP contribution is 2.24. The van der Waals surface area contributed by atoms with Crippen LogP contribution in [-0.4, -0.2) is 6.04 Å². The summed E-state index contributed by atoms with van der Waals surface area (Å²) in [5.41, 5.74) is 9.00. The Morgan fingerprint density at radius 2 is 2.08 bits per heavy atom. The highest BCUT2D eigenvalue weighted by Gasteiger charge is 2.16. The summed E-state index contributed by atoms with van der Waals surface area (Å²) in [4.78, 5) is 0. The maximum atomic E-state index is 5.75. The van der Waals surface area contributed by atoms with Crippen molar-refractivity contribution in [1.82, 2.24) is 0 Å². The van der Waals surface area contributed by atoms with E-state index in [1.54, 1.807) is 0 Å². The van der Waals surface area contributed by atoms with Crippen LogP contribution >= 0.6 is 0 Å². The van der Waals surface area contributed by atoms with Gasteiger partial charge >= 0.3 is 0 Å². The number of aryl methyl sites for hydroxylation is 1. The molecule has 0 bridgehead atoms. The topological polar surface area (TPSA) is 38.0 Å². The number of rotatable bonds is 2. The van der Waals surface area contributed by atoms with Crippen molar-refractivity contribution in [3.63, 3.8) is 0 Å². The predicted octanol–water partition coefficient (Wildman–Crippen LogP) is 2.54. The van der Waals surface area contributed by atoms with Gasteiger partial charge in [-0.3, -0.25) is 0 Å². The van der Waals surface area contributed by atoms with Gasteiger partial charge in [-0.25, -0.2) is 0 Å². The van der Waals surface area contributed by atoms with Crippen molar-refractivity contribution < 1.29 is 0 Å². The van der Waals surface area contributed by atoms with Crippen molar-refractivity contribution in [2.75, 3.05) is 11.1 Å². The largest absolute Gasteiger partial charge is 0.399 e. The van der Waals surface area contributed by atoms with Crippen molar-refractivity contribution >= 4 is 11.4 Å². The molecule has 0 amide bonds. The summed E-state index contributed by atoms with van der Waals surface area (Å²) in [7, 11) is 0. The van der Waals surface area contributed by atoms with E-state index in [0.29, 0.717) is 6.04 Å².